The first-order valence-corrected chi connectivity index (χ1v) is 7.71. The first-order chi connectivity index (χ1) is 8.97. The number of aryl methyl sites for hydroxylation is 2. The van der Waals surface area contributed by atoms with Gasteiger partial charge in [0.1, 0.15) is 0 Å². The number of amides is 1. The van der Waals surface area contributed by atoms with E-state index in [1.54, 1.807) is 11.3 Å². The van der Waals surface area contributed by atoms with E-state index >= 15 is 0 Å². The highest BCUT2D eigenvalue weighted by Gasteiger charge is 2.14. The van der Waals surface area contributed by atoms with E-state index in [2.05, 4.69) is 21.2 Å². The van der Waals surface area contributed by atoms with E-state index in [0.717, 1.165) is 14.9 Å². The summed E-state index contributed by atoms with van der Waals surface area (Å²) in [6, 6.07) is 9.93. The molecule has 2 aromatic rings. The fourth-order valence-corrected chi connectivity index (χ4v) is 3.17. The van der Waals surface area contributed by atoms with Crippen molar-refractivity contribution in [3.63, 3.8) is 0 Å². The summed E-state index contributed by atoms with van der Waals surface area (Å²) >= 11 is 4.99. The Hall–Kier alpha value is -1.13. The van der Waals surface area contributed by atoms with E-state index < -0.39 is 0 Å². The van der Waals surface area contributed by atoms with Gasteiger partial charge in [0.15, 0.2) is 0 Å². The monoisotopic (exact) mass is 337 g/mol. The Bertz CT molecular complexity index is 586. The summed E-state index contributed by atoms with van der Waals surface area (Å²) in [6.45, 7) is 6.06. The lowest BCUT2D eigenvalue weighted by atomic mass is 10.1. The number of nitrogens with one attached hydrogen (secondary N) is 1. The molecule has 19 heavy (non-hydrogen) atoms. The van der Waals surface area contributed by atoms with Crippen LogP contribution in [0.2, 0.25) is 0 Å². The van der Waals surface area contributed by atoms with Crippen LogP contribution in [0, 0.1) is 13.8 Å². The van der Waals surface area contributed by atoms with Crippen LogP contribution in [0.15, 0.2) is 34.8 Å². The number of carbonyl (C=O) groups is 1. The number of benzene rings is 1. The summed E-state index contributed by atoms with van der Waals surface area (Å²) in [5, 5.41) is 3.03. The predicted octanol–water partition coefficient (Wildman–Crippen LogP) is 4.62. The van der Waals surface area contributed by atoms with Gasteiger partial charge in [-0.3, -0.25) is 4.79 Å². The highest BCUT2D eigenvalue weighted by atomic mass is 79.9. The van der Waals surface area contributed by atoms with Crippen molar-refractivity contribution in [2.75, 3.05) is 0 Å². The Morgan fingerprint density at radius 1 is 1.32 bits per heavy atom. The quantitative estimate of drug-likeness (QED) is 0.869. The summed E-state index contributed by atoms with van der Waals surface area (Å²) < 4.78 is 1.02. The molecular weight excluding hydrogens is 322 g/mol. The fourth-order valence-electron chi connectivity index (χ4n) is 1.81. The van der Waals surface area contributed by atoms with Crippen LogP contribution >= 0.6 is 27.3 Å². The number of halogens is 1. The summed E-state index contributed by atoms with van der Waals surface area (Å²) in [6.07, 6.45) is 0. The Kier molecular flexibility index (Phi) is 4.42. The van der Waals surface area contributed by atoms with Gasteiger partial charge in [0.05, 0.1) is 10.9 Å². The molecule has 0 radical (unpaired) electrons. The molecule has 1 N–H and O–H groups in total. The highest BCUT2D eigenvalue weighted by Crippen LogP contribution is 2.22. The predicted molar refractivity (Wildman–Crippen MR) is 83.8 cm³/mol. The molecule has 0 aliphatic carbocycles. The molecule has 2 rings (SSSR count). The summed E-state index contributed by atoms with van der Waals surface area (Å²) in [5.74, 6) is -0.00586. The molecule has 0 saturated heterocycles. The third-order valence-corrected chi connectivity index (χ3v) is 4.73. The van der Waals surface area contributed by atoms with Crippen LogP contribution in [-0.4, -0.2) is 5.91 Å². The lowest BCUT2D eigenvalue weighted by Crippen LogP contribution is -2.25. The maximum Gasteiger partial charge on any atom is 0.261 e. The van der Waals surface area contributed by atoms with E-state index in [9.17, 15) is 4.79 Å². The number of hydrogen-bond acceptors (Lipinski definition) is 2. The molecule has 4 heteroatoms. The topological polar surface area (TPSA) is 29.1 Å². The van der Waals surface area contributed by atoms with Crippen molar-refractivity contribution >= 4 is 33.2 Å². The summed E-state index contributed by atoms with van der Waals surface area (Å²) in [5.41, 5.74) is 2.26. The molecule has 1 amide bonds. The molecule has 0 unspecified atom stereocenters. The van der Waals surface area contributed by atoms with Crippen LogP contribution < -0.4 is 5.32 Å². The zero-order valence-corrected chi connectivity index (χ0v) is 13.6. The van der Waals surface area contributed by atoms with Crippen LogP contribution in [0.1, 0.15) is 38.6 Å². The second-order valence-corrected chi connectivity index (χ2v) is 6.77. The van der Waals surface area contributed by atoms with Crippen molar-refractivity contribution < 1.29 is 4.79 Å². The Balaban J connectivity index is 2.10. The van der Waals surface area contributed by atoms with E-state index in [1.807, 2.05) is 51.1 Å². The minimum Gasteiger partial charge on any atom is -0.345 e. The molecule has 0 aliphatic rings. The molecule has 1 aromatic carbocycles. The lowest BCUT2D eigenvalue weighted by molar-refractivity contribution is 0.0944. The molecular formula is C15H16BrNOS. The molecule has 1 heterocycles. The van der Waals surface area contributed by atoms with Gasteiger partial charge < -0.3 is 5.32 Å². The third-order valence-electron chi connectivity index (χ3n) is 3.09. The molecule has 2 nitrogen and oxygen atoms in total. The second-order valence-electron chi connectivity index (χ2n) is 4.60. The largest absolute Gasteiger partial charge is 0.345 e. The van der Waals surface area contributed by atoms with Gasteiger partial charge in [-0.15, -0.1) is 11.3 Å². The maximum atomic E-state index is 12.2. The maximum absolute atomic E-state index is 12.2. The van der Waals surface area contributed by atoms with E-state index in [1.165, 1.54) is 10.4 Å². The Morgan fingerprint density at radius 3 is 2.63 bits per heavy atom. The molecule has 0 aliphatic heterocycles. The molecule has 0 spiro atoms. The average Bonchev–Trinajstić information content (AvgIpc) is 2.69. The van der Waals surface area contributed by atoms with Crippen molar-refractivity contribution in [3.8, 4) is 0 Å². The minimum atomic E-state index is -0.00675. The zero-order valence-electron chi connectivity index (χ0n) is 11.2. The number of hydrogen-bond donors (Lipinski definition) is 1. The van der Waals surface area contributed by atoms with Crippen LogP contribution in [0.4, 0.5) is 0 Å². The Morgan fingerprint density at radius 2 is 2.05 bits per heavy atom. The second kappa shape index (κ2) is 5.88. The van der Waals surface area contributed by atoms with Crippen molar-refractivity contribution in [1.82, 2.24) is 5.32 Å². The number of carbonyl (C=O) groups excluding carboxylic acids is 1. The summed E-state index contributed by atoms with van der Waals surface area (Å²) in [7, 11) is 0. The van der Waals surface area contributed by atoms with Crippen LogP contribution in [0.5, 0.6) is 0 Å². The molecule has 1 atom stereocenters. The van der Waals surface area contributed by atoms with Crippen molar-refractivity contribution in [2.45, 2.75) is 26.8 Å². The standard InChI is InChI=1S/C15H16BrNOS/c1-9-7-14(19-11(9)3)15(18)17-10(2)12-5-4-6-13(16)8-12/h4-8,10H,1-3H3,(H,17,18)/t10-/m1/s1. The first kappa shape index (κ1) is 14.3. The van der Waals surface area contributed by atoms with Gasteiger partial charge >= 0.3 is 0 Å². The van der Waals surface area contributed by atoms with Gasteiger partial charge in [0.25, 0.3) is 5.91 Å². The van der Waals surface area contributed by atoms with Gasteiger partial charge in [-0.25, -0.2) is 0 Å². The first-order valence-electron chi connectivity index (χ1n) is 6.10. The average molecular weight is 338 g/mol. The molecule has 0 bridgehead atoms. The third kappa shape index (κ3) is 3.45. The van der Waals surface area contributed by atoms with Crippen LogP contribution in [0.3, 0.4) is 0 Å². The van der Waals surface area contributed by atoms with E-state index in [4.69, 9.17) is 0 Å². The molecule has 0 fully saturated rings. The molecule has 100 valence electrons. The van der Waals surface area contributed by atoms with Gasteiger partial charge in [0, 0.05) is 9.35 Å². The minimum absolute atomic E-state index is 0.00586. The highest BCUT2D eigenvalue weighted by molar-refractivity contribution is 9.10. The normalized spacial score (nSPS) is 12.2. The van der Waals surface area contributed by atoms with Crippen molar-refractivity contribution in [3.05, 3.63) is 55.7 Å². The lowest BCUT2D eigenvalue weighted by Gasteiger charge is -2.13. The summed E-state index contributed by atoms with van der Waals surface area (Å²) in [4.78, 5) is 14.1. The number of thiophene rings is 1. The number of rotatable bonds is 3. The van der Waals surface area contributed by atoms with Crippen molar-refractivity contribution in [2.24, 2.45) is 0 Å². The zero-order chi connectivity index (χ0) is 14.0. The smallest absolute Gasteiger partial charge is 0.261 e. The SMILES string of the molecule is Cc1cc(C(=O)N[C@H](C)c2cccc(Br)c2)sc1C. The van der Waals surface area contributed by atoms with Gasteiger partial charge in [-0.1, -0.05) is 28.1 Å². The van der Waals surface area contributed by atoms with Gasteiger partial charge in [-0.2, -0.15) is 0 Å². The molecule has 0 saturated carbocycles. The fraction of sp³-hybridized carbons (Fsp3) is 0.267. The van der Waals surface area contributed by atoms with Gasteiger partial charge in [-0.05, 0) is 50.1 Å². The van der Waals surface area contributed by atoms with E-state index in [-0.39, 0.29) is 11.9 Å². The van der Waals surface area contributed by atoms with Crippen LogP contribution in [0.25, 0.3) is 0 Å². The van der Waals surface area contributed by atoms with Gasteiger partial charge in [0.2, 0.25) is 0 Å². The van der Waals surface area contributed by atoms with Crippen molar-refractivity contribution in [1.29, 1.82) is 0 Å². The Labute approximate surface area is 126 Å². The molecule has 1 aromatic heterocycles. The van der Waals surface area contributed by atoms with E-state index in [0.29, 0.717) is 0 Å². The van der Waals surface area contributed by atoms with Crippen LogP contribution in [-0.2, 0) is 0 Å².